The third kappa shape index (κ3) is 4.81. The summed E-state index contributed by atoms with van der Waals surface area (Å²) in [5.74, 6) is -1.64. The molecule has 0 saturated heterocycles. The van der Waals surface area contributed by atoms with Crippen molar-refractivity contribution < 1.29 is 24.4 Å². The van der Waals surface area contributed by atoms with Crippen molar-refractivity contribution in [2.24, 2.45) is 0 Å². The number of nitro groups is 1. The third-order valence-corrected chi connectivity index (χ3v) is 4.12. The summed E-state index contributed by atoms with van der Waals surface area (Å²) >= 11 is 1.20. The van der Waals surface area contributed by atoms with E-state index < -0.39 is 23.3 Å². The van der Waals surface area contributed by atoms with E-state index in [0.717, 1.165) is 4.90 Å². The van der Waals surface area contributed by atoms with Crippen molar-refractivity contribution in [1.29, 1.82) is 0 Å². The summed E-state index contributed by atoms with van der Waals surface area (Å²) in [7, 11) is 1.46. The highest BCUT2D eigenvalue weighted by atomic mass is 32.1. The molecule has 25 heavy (non-hydrogen) atoms. The Labute approximate surface area is 146 Å². The Morgan fingerprint density at radius 1 is 1.36 bits per heavy atom. The first-order valence-corrected chi connectivity index (χ1v) is 8.00. The number of carboxylic acid groups (broad SMARTS) is 1. The monoisotopic (exact) mass is 365 g/mol. The van der Waals surface area contributed by atoms with Crippen LogP contribution in [0.15, 0.2) is 29.6 Å². The molecule has 0 fully saturated rings. The normalized spacial score (nSPS) is 10.4. The van der Waals surface area contributed by atoms with Gasteiger partial charge in [-0.3, -0.25) is 19.7 Å². The van der Waals surface area contributed by atoms with Crippen LogP contribution < -0.4 is 0 Å². The van der Waals surface area contributed by atoms with Crippen molar-refractivity contribution in [3.63, 3.8) is 0 Å². The minimum atomic E-state index is -1.13. The van der Waals surface area contributed by atoms with Crippen LogP contribution in [-0.2, 0) is 9.53 Å². The van der Waals surface area contributed by atoms with Crippen LogP contribution in [0.2, 0.25) is 0 Å². The summed E-state index contributed by atoms with van der Waals surface area (Å²) in [6.45, 7) is -0.114. The lowest BCUT2D eigenvalue weighted by Gasteiger charge is -2.18. The van der Waals surface area contributed by atoms with E-state index in [-0.39, 0.29) is 24.5 Å². The molecule has 0 aliphatic rings. The molecule has 132 valence electrons. The van der Waals surface area contributed by atoms with Crippen molar-refractivity contribution in [3.05, 3.63) is 45.5 Å². The zero-order valence-electron chi connectivity index (χ0n) is 13.2. The number of carbonyl (C=O) groups is 2. The van der Waals surface area contributed by atoms with E-state index in [1.807, 2.05) is 0 Å². The second-order valence-electron chi connectivity index (χ2n) is 4.96. The molecule has 0 saturated carbocycles. The number of thiazole rings is 1. The topological polar surface area (TPSA) is 123 Å². The quantitative estimate of drug-likeness (QED) is 0.560. The van der Waals surface area contributed by atoms with Gasteiger partial charge in [0.25, 0.3) is 11.6 Å². The fourth-order valence-corrected chi connectivity index (χ4v) is 2.81. The van der Waals surface area contributed by atoms with Crippen LogP contribution in [0.4, 0.5) is 5.69 Å². The predicted molar refractivity (Wildman–Crippen MR) is 89.6 cm³/mol. The Hall–Kier alpha value is -2.85. The highest BCUT2D eigenvalue weighted by molar-refractivity contribution is 7.13. The van der Waals surface area contributed by atoms with E-state index in [9.17, 15) is 19.7 Å². The molecule has 9 nitrogen and oxygen atoms in total. The van der Waals surface area contributed by atoms with E-state index in [2.05, 4.69) is 4.98 Å². The molecular weight excluding hydrogens is 350 g/mol. The predicted octanol–water partition coefficient (Wildman–Crippen LogP) is 1.89. The first kappa shape index (κ1) is 18.5. The van der Waals surface area contributed by atoms with Gasteiger partial charge in [-0.2, -0.15) is 0 Å². The van der Waals surface area contributed by atoms with E-state index >= 15 is 0 Å². The number of aromatic nitrogens is 1. The summed E-state index contributed by atoms with van der Waals surface area (Å²) in [6.07, 6.45) is 0. The van der Waals surface area contributed by atoms with Crippen molar-refractivity contribution in [2.45, 2.75) is 0 Å². The van der Waals surface area contributed by atoms with Gasteiger partial charge in [0, 0.05) is 36.7 Å². The Kier molecular flexibility index (Phi) is 6.14. The van der Waals surface area contributed by atoms with Crippen LogP contribution in [0.3, 0.4) is 0 Å². The number of non-ortho nitro benzene ring substituents is 1. The number of hydrogen-bond acceptors (Lipinski definition) is 7. The maximum atomic E-state index is 12.4. The Morgan fingerprint density at radius 3 is 2.60 bits per heavy atom. The molecule has 0 unspecified atom stereocenters. The number of methoxy groups -OCH3 is 1. The largest absolute Gasteiger partial charge is 0.480 e. The van der Waals surface area contributed by atoms with Crippen molar-refractivity contribution in [1.82, 2.24) is 9.88 Å². The third-order valence-electron chi connectivity index (χ3n) is 3.23. The summed E-state index contributed by atoms with van der Waals surface area (Å²) in [5, 5.41) is 21.6. The molecule has 0 spiro atoms. The van der Waals surface area contributed by atoms with Crippen LogP contribution in [0.25, 0.3) is 10.6 Å². The fraction of sp³-hybridized carbons (Fsp3) is 0.267. The lowest BCUT2D eigenvalue weighted by molar-refractivity contribution is -0.384. The van der Waals surface area contributed by atoms with Crippen LogP contribution in [0.5, 0.6) is 0 Å². The fourth-order valence-electron chi connectivity index (χ4n) is 2.01. The van der Waals surface area contributed by atoms with Crippen LogP contribution >= 0.6 is 11.3 Å². The molecular formula is C15H15N3O6S. The summed E-state index contributed by atoms with van der Waals surface area (Å²) in [4.78, 5) is 38.9. The van der Waals surface area contributed by atoms with Gasteiger partial charge in [-0.1, -0.05) is 0 Å². The molecule has 0 bridgehead atoms. The number of carboxylic acids is 1. The second kappa shape index (κ2) is 8.31. The molecule has 1 aromatic heterocycles. The minimum absolute atomic E-state index is 0.0381. The van der Waals surface area contributed by atoms with Crippen LogP contribution in [0, 0.1) is 10.1 Å². The number of rotatable bonds is 8. The van der Waals surface area contributed by atoms with Gasteiger partial charge >= 0.3 is 5.97 Å². The standard InChI is InChI=1S/C15H15N3O6S/c1-24-7-6-17(8-13(19)20)15(21)12-9-25-14(16-12)10-2-4-11(5-3-10)18(22)23/h2-5,9H,6-8H2,1H3,(H,19,20). The zero-order chi connectivity index (χ0) is 18.4. The first-order chi connectivity index (χ1) is 11.9. The molecule has 0 aliphatic heterocycles. The van der Waals surface area contributed by atoms with E-state index in [1.165, 1.54) is 36.0 Å². The molecule has 2 rings (SSSR count). The lowest BCUT2D eigenvalue weighted by atomic mass is 10.2. The number of carbonyl (C=O) groups excluding carboxylic acids is 1. The van der Waals surface area contributed by atoms with Gasteiger partial charge in [0.1, 0.15) is 17.2 Å². The second-order valence-corrected chi connectivity index (χ2v) is 5.81. The summed E-state index contributed by atoms with van der Waals surface area (Å²) in [5.41, 5.74) is 0.718. The summed E-state index contributed by atoms with van der Waals surface area (Å²) in [6, 6.07) is 5.80. The number of aliphatic carboxylic acids is 1. The van der Waals surface area contributed by atoms with E-state index in [4.69, 9.17) is 9.84 Å². The average Bonchev–Trinajstić information content (AvgIpc) is 3.07. The average molecular weight is 365 g/mol. The zero-order valence-corrected chi connectivity index (χ0v) is 14.1. The summed E-state index contributed by atoms with van der Waals surface area (Å²) < 4.78 is 4.89. The molecule has 0 atom stereocenters. The maximum Gasteiger partial charge on any atom is 0.323 e. The Bertz CT molecular complexity index is 774. The number of ether oxygens (including phenoxy) is 1. The van der Waals surface area contributed by atoms with Gasteiger partial charge in [-0.25, -0.2) is 4.98 Å². The maximum absolute atomic E-state index is 12.4. The van der Waals surface area contributed by atoms with Gasteiger partial charge in [0.15, 0.2) is 0 Å². The van der Waals surface area contributed by atoms with Crippen molar-refractivity contribution in [2.75, 3.05) is 26.8 Å². The Balaban J connectivity index is 2.18. The number of amides is 1. The lowest BCUT2D eigenvalue weighted by Crippen LogP contribution is -2.38. The highest BCUT2D eigenvalue weighted by Gasteiger charge is 2.21. The number of hydrogen-bond donors (Lipinski definition) is 1. The number of nitrogens with zero attached hydrogens (tertiary/aromatic N) is 3. The Morgan fingerprint density at radius 2 is 2.04 bits per heavy atom. The molecule has 1 N–H and O–H groups in total. The number of benzene rings is 1. The van der Waals surface area contributed by atoms with Crippen LogP contribution in [0.1, 0.15) is 10.5 Å². The van der Waals surface area contributed by atoms with Gasteiger partial charge in [0.2, 0.25) is 0 Å². The molecule has 1 amide bonds. The first-order valence-electron chi connectivity index (χ1n) is 7.12. The van der Waals surface area contributed by atoms with Gasteiger partial charge in [-0.05, 0) is 12.1 Å². The molecule has 0 radical (unpaired) electrons. The van der Waals surface area contributed by atoms with Crippen molar-refractivity contribution in [3.8, 4) is 10.6 Å². The molecule has 1 aromatic carbocycles. The van der Waals surface area contributed by atoms with Gasteiger partial charge in [0.05, 0.1) is 11.5 Å². The molecule has 2 aromatic rings. The van der Waals surface area contributed by atoms with E-state index in [1.54, 1.807) is 12.1 Å². The SMILES string of the molecule is COCCN(CC(=O)O)C(=O)c1csc(-c2ccc([N+](=O)[O-])cc2)n1. The smallest absolute Gasteiger partial charge is 0.323 e. The highest BCUT2D eigenvalue weighted by Crippen LogP contribution is 2.26. The van der Waals surface area contributed by atoms with Crippen molar-refractivity contribution >= 4 is 28.9 Å². The van der Waals surface area contributed by atoms with Crippen LogP contribution in [-0.4, -0.2) is 58.6 Å². The number of nitro benzene ring substituents is 1. The molecule has 10 heteroatoms. The molecule has 1 heterocycles. The van der Waals surface area contributed by atoms with E-state index in [0.29, 0.717) is 10.6 Å². The molecule has 0 aliphatic carbocycles. The minimum Gasteiger partial charge on any atom is -0.480 e. The van der Waals surface area contributed by atoms with Gasteiger partial charge < -0.3 is 14.7 Å². The van der Waals surface area contributed by atoms with Gasteiger partial charge in [-0.15, -0.1) is 11.3 Å².